The molecule has 0 aromatic carbocycles. The highest BCUT2D eigenvalue weighted by Gasteiger charge is 2.30. The van der Waals surface area contributed by atoms with Crippen molar-refractivity contribution in [1.82, 2.24) is 0 Å². The van der Waals surface area contributed by atoms with Gasteiger partial charge in [0.1, 0.15) is 19.3 Å². The summed E-state index contributed by atoms with van der Waals surface area (Å²) in [7, 11) is -9.92. The van der Waals surface area contributed by atoms with Crippen molar-refractivity contribution in [1.29, 1.82) is 0 Å². The summed E-state index contributed by atoms with van der Waals surface area (Å²) in [6, 6.07) is 0. The van der Waals surface area contributed by atoms with Gasteiger partial charge in [0.25, 0.3) is 0 Å². The molecule has 0 radical (unpaired) electrons. The molecule has 3 N–H and O–H groups in total. The fourth-order valence-corrected chi connectivity index (χ4v) is 14.9. The average Bonchev–Trinajstić information content (AvgIpc) is 0.917. The maximum atomic E-state index is 13.1. The van der Waals surface area contributed by atoms with Crippen molar-refractivity contribution >= 4 is 39.5 Å². The van der Waals surface area contributed by atoms with Crippen LogP contribution >= 0.6 is 15.6 Å². The summed E-state index contributed by atoms with van der Waals surface area (Å²) in [5, 5.41) is 10.7. The van der Waals surface area contributed by atoms with Gasteiger partial charge in [-0.3, -0.25) is 37.3 Å². The molecule has 2 unspecified atom stereocenters. The molecule has 618 valence electrons. The standard InChI is InChI=1S/C85H166O17P2/c1-6-9-12-15-18-21-24-26-28-30-31-32-33-35-37-41-45-50-55-60-65-70-84(89)102-81(75-96-83(88)69-64-59-54-49-44-40-36-34-29-27-25-22-19-16-13-10-7-2)77-100-104(93,94)98-73-79(86)72-97-103(91,92)99-76-80(74-95-82(87)68-63-58-53-48-23-20-17-14-11-8-3)101-85(90)71-66-61-56-51-46-42-38-39-43-47-52-57-62-67-78(4)5/h78-81,86H,6-77H2,1-5H3,(H,91,92)(H,93,94)/t79-,80+,81+/m0/s1. The number of esters is 4. The lowest BCUT2D eigenvalue weighted by molar-refractivity contribution is -0.161. The van der Waals surface area contributed by atoms with E-state index in [9.17, 15) is 43.2 Å². The predicted molar refractivity (Wildman–Crippen MR) is 428 cm³/mol. The molecular formula is C85H166O17P2. The second-order valence-corrected chi connectivity index (χ2v) is 34.0. The van der Waals surface area contributed by atoms with Crippen molar-refractivity contribution in [3.8, 4) is 0 Å². The molecule has 0 fully saturated rings. The van der Waals surface area contributed by atoms with E-state index in [-0.39, 0.29) is 25.7 Å². The maximum Gasteiger partial charge on any atom is 0.472 e. The van der Waals surface area contributed by atoms with Crippen LogP contribution in [0.1, 0.15) is 458 Å². The van der Waals surface area contributed by atoms with Crippen LogP contribution in [0.15, 0.2) is 0 Å². The minimum absolute atomic E-state index is 0.108. The number of unbranched alkanes of at least 4 members (excludes halogenated alkanes) is 57. The fraction of sp³-hybridized carbons (Fsp3) is 0.953. The summed E-state index contributed by atoms with van der Waals surface area (Å²) >= 11 is 0. The highest BCUT2D eigenvalue weighted by molar-refractivity contribution is 7.47. The lowest BCUT2D eigenvalue weighted by Crippen LogP contribution is -2.30. The largest absolute Gasteiger partial charge is 0.472 e. The van der Waals surface area contributed by atoms with Gasteiger partial charge in [-0.1, -0.05) is 407 Å². The molecular weight excluding hydrogens is 1350 g/mol. The van der Waals surface area contributed by atoms with Crippen LogP contribution in [-0.2, 0) is 65.4 Å². The lowest BCUT2D eigenvalue weighted by Gasteiger charge is -2.21. The van der Waals surface area contributed by atoms with Crippen LogP contribution in [0.3, 0.4) is 0 Å². The van der Waals surface area contributed by atoms with Gasteiger partial charge >= 0.3 is 39.5 Å². The van der Waals surface area contributed by atoms with E-state index in [1.165, 1.54) is 283 Å². The van der Waals surface area contributed by atoms with Crippen LogP contribution in [0.25, 0.3) is 0 Å². The monoisotopic (exact) mass is 1520 g/mol. The van der Waals surface area contributed by atoms with Crippen molar-refractivity contribution in [2.24, 2.45) is 5.92 Å². The minimum atomic E-state index is -4.96. The Balaban J connectivity index is 5.22. The van der Waals surface area contributed by atoms with Gasteiger partial charge in [0.05, 0.1) is 26.4 Å². The summed E-state index contributed by atoms with van der Waals surface area (Å²) in [6.07, 6.45) is 70.8. The number of aliphatic hydroxyl groups excluding tert-OH is 1. The van der Waals surface area contributed by atoms with E-state index >= 15 is 0 Å². The van der Waals surface area contributed by atoms with Gasteiger partial charge in [-0.05, 0) is 31.6 Å². The highest BCUT2D eigenvalue weighted by atomic mass is 31.2. The summed E-state index contributed by atoms with van der Waals surface area (Å²) in [4.78, 5) is 73.2. The Hall–Kier alpha value is -1.94. The van der Waals surface area contributed by atoms with E-state index in [1.807, 2.05) is 0 Å². The van der Waals surface area contributed by atoms with Gasteiger partial charge in [0.2, 0.25) is 0 Å². The van der Waals surface area contributed by atoms with Crippen LogP contribution in [0.2, 0.25) is 0 Å². The normalized spacial score (nSPS) is 13.8. The number of hydrogen-bond acceptors (Lipinski definition) is 15. The van der Waals surface area contributed by atoms with Crippen molar-refractivity contribution in [3.63, 3.8) is 0 Å². The molecule has 19 heteroatoms. The Bertz CT molecular complexity index is 1980. The van der Waals surface area contributed by atoms with Gasteiger partial charge in [-0.15, -0.1) is 0 Å². The Labute approximate surface area is 638 Å². The third kappa shape index (κ3) is 78.2. The number of phosphoric ester groups is 2. The number of hydrogen-bond donors (Lipinski definition) is 3. The van der Waals surface area contributed by atoms with Crippen molar-refractivity contribution in [2.75, 3.05) is 39.6 Å². The van der Waals surface area contributed by atoms with E-state index in [2.05, 4.69) is 34.6 Å². The summed E-state index contributed by atoms with van der Waals surface area (Å²) < 4.78 is 68.9. The first-order chi connectivity index (χ1) is 50.5. The molecule has 17 nitrogen and oxygen atoms in total. The van der Waals surface area contributed by atoms with E-state index in [1.54, 1.807) is 0 Å². The average molecular weight is 1520 g/mol. The van der Waals surface area contributed by atoms with Crippen LogP contribution in [0, 0.1) is 5.92 Å². The van der Waals surface area contributed by atoms with Crippen LogP contribution < -0.4 is 0 Å². The second-order valence-electron chi connectivity index (χ2n) is 31.1. The Morgan fingerprint density at radius 1 is 0.260 bits per heavy atom. The molecule has 0 aromatic rings. The SMILES string of the molecule is CCCCCCCCCCCCCCCCCCCCCCCC(=O)O[C@H](COC(=O)CCCCCCCCCCCCCCCCCCC)COP(=O)(O)OC[C@@H](O)COP(=O)(O)OC[C@@H](COC(=O)CCCCCCCCCCCC)OC(=O)CCCCCCCCCCCCCCCC(C)C. The first-order valence-electron chi connectivity index (χ1n) is 44.1. The van der Waals surface area contributed by atoms with Crippen molar-refractivity contribution in [3.05, 3.63) is 0 Å². The molecule has 0 aliphatic carbocycles. The smallest absolute Gasteiger partial charge is 0.462 e. The second kappa shape index (κ2) is 77.8. The van der Waals surface area contributed by atoms with E-state index in [4.69, 9.17) is 37.0 Å². The molecule has 0 aliphatic heterocycles. The number of rotatable bonds is 85. The highest BCUT2D eigenvalue weighted by Crippen LogP contribution is 2.45. The number of phosphoric acid groups is 2. The van der Waals surface area contributed by atoms with E-state index in [0.29, 0.717) is 25.7 Å². The molecule has 0 rings (SSSR count). The van der Waals surface area contributed by atoms with Gasteiger partial charge in [-0.2, -0.15) is 0 Å². The summed E-state index contributed by atoms with van der Waals surface area (Å²) in [5.41, 5.74) is 0. The Kier molecular flexibility index (Phi) is 76.3. The molecule has 0 bridgehead atoms. The molecule has 0 saturated carbocycles. The van der Waals surface area contributed by atoms with E-state index in [0.717, 1.165) is 95.8 Å². The van der Waals surface area contributed by atoms with Gasteiger partial charge in [0.15, 0.2) is 12.2 Å². The van der Waals surface area contributed by atoms with E-state index < -0.39 is 97.5 Å². The number of ether oxygens (including phenoxy) is 4. The number of carbonyl (C=O) groups is 4. The summed E-state index contributed by atoms with van der Waals surface area (Å²) in [6.45, 7) is 7.37. The zero-order valence-electron chi connectivity index (χ0n) is 68.2. The third-order valence-corrected chi connectivity index (χ3v) is 21.9. The molecule has 0 aromatic heterocycles. The number of aliphatic hydroxyl groups is 1. The fourth-order valence-electron chi connectivity index (χ4n) is 13.3. The van der Waals surface area contributed by atoms with Gasteiger partial charge < -0.3 is 33.8 Å². The van der Waals surface area contributed by atoms with Crippen LogP contribution in [-0.4, -0.2) is 96.7 Å². The van der Waals surface area contributed by atoms with Gasteiger partial charge in [-0.25, -0.2) is 9.13 Å². The topological polar surface area (TPSA) is 237 Å². The zero-order valence-corrected chi connectivity index (χ0v) is 70.0. The van der Waals surface area contributed by atoms with Gasteiger partial charge in [0, 0.05) is 25.7 Å². The molecule has 0 amide bonds. The first-order valence-corrected chi connectivity index (χ1v) is 47.1. The Morgan fingerprint density at radius 2 is 0.442 bits per heavy atom. The minimum Gasteiger partial charge on any atom is -0.462 e. The van der Waals surface area contributed by atoms with Crippen LogP contribution in [0.5, 0.6) is 0 Å². The quantitative estimate of drug-likeness (QED) is 0.0222. The maximum absolute atomic E-state index is 13.1. The summed E-state index contributed by atoms with van der Waals surface area (Å²) in [5.74, 6) is -1.31. The van der Waals surface area contributed by atoms with Crippen molar-refractivity contribution in [2.45, 2.75) is 477 Å². The third-order valence-electron chi connectivity index (χ3n) is 20.0. The predicted octanol–water partition coefficient (Wildman–Crippen LogP) is 26.0. The number of carbonyl (C=O) groups excluding carboxylic acids is 4. The lowest BCUT2D eigenvalue weighted by atomic mass is 10.0. The molecule has 0 aliphatic rings. The van der Waals surface area contributed by atoms with Crippen molar-refractivity contribution < 1.29 is 80.2 Å². The molecule has 0 spiro atoms. The molecule has 0 heterocycles. The molecule has 5 atom stereocenters. The first kappa shape index (κ1) is 102. The van der Waals surface area contributed by atoms with Crippen LogP contribution in [0.4, 0.5) is 0 Å². The Morgan fingerprint density at radius 3 is 0.654 bits per heavy atom. The zero-order chi connectivity index (χ0) is 76.2. The molecule has 0 saturated heterocycles. The molecule has 104 heavy (non-hydrogen) atoms.